The second kappa shape index (κ2) is 10.8. The molecule has 2 heteroatoms. The summed E-state index contributed by atoms with van der Waals surface area (Å²) in [5.41, 5.74) is 10.9. The summed E-state index contributed by atoms with van der Waals surface area (Å²) in [4.78, 5) is 10.4. The van der Waals surface area contributed by atoms with Crippen LogP contribution in [0.4, 0.5) is 0 Å². The van der Waals surface area contributed by atoms with Crippen LogP contribution in [0, 0.1) is 0 Å². The first-order valence-electron chi connectivity index (χ1n) is 15.7. The number of aromatic nitrogens is 2. The molecule has 0 saturated carbocycles. The minimum atomic E-state index is 0.976. The van der Waals surface area contributed by atoms with Gasteiger partial charge in [-0.05, 0) is 51.2 Å². The van der Waals surface area contributed by atoms with Crippen molar-refractivity contribution < 1.29 is 0 Å². The number of benzene rings is 7. The minimum Gasteiger partial charge on any atom is -0.247 e. The molecule has 214 valence electrons. The third-order valence-electron chi connectivity index (χ3n) is 9.05. The van der Waals surface area contributed by atoms with E-state index in [0.717, 1.165) is 55.3 Å². The first-order valence-corrected chi connectivity index (χ1v) is 15.7. The molecule has 9 rings (SSSR count). The van der Waals surface area contributed by atoms with Crippen LogP contribution in [0.1, 0.15) is 0 Å². The molecular formula is C44H28N2. The normalized spacial score (nSPS) is 11.5. The average molecular weight is 585 g/mol. The second-order valence-corrected chi connectivity index (χ2v) is 11.8. The Morgan fingerprint density at radius 2 is 0.826 bits per heavy atom. The zero-order valence-corrected chi connectivity index (χ0v) is 25.1. The molecule has 2 heterocycles. The van der Waals surface area contributed by atoms with Crippen LogP contribution in [0.5, 0.6) is 0 Å². The van der Waals surface area contributed by atoms with E-state index in [1.807, 2.05) is 6.07 Å². The maximum absolute atomic E-state index is 5.29. The van der Waals surface area contributed by atoms with Crippen molar-refractivity contribution in [3.63, 3.8) is 0 Å². The lowest BCUT2D eigenvalue weighted by Crippen LogP contribution is -1.93. The third kappa shape index (κ3) is 4.35. The first-order chi connectivity index (χ1) is 22.8. The van der Waals surface area contributed by atoms with Crippen molar-refractivity contribution >= 4 is 43.4 Å². The number of rotatable bonds is 4. The van der Waals surface area contributed by atoms with Crippen molar-refractivity contribution in [2.75, 3.05) is 0 Å². The Morgan fingerprint density at radius 1 is 0.304 bits per heavy atom. The Kier molecular flexibility index (Phi) is 6.17. The van der Waals surface area contributed by atoms with Gasteiger partial charge in [0.15, 0.2) is 0 Å². The highest BCUT2D eigenvalue weighted by Crippen LogP contribution is 2.41. The SMILES string of the molecule is c1ccc(-c2cc(-c3ccccc3)c3cc(-c4ccc(-c5nc6ccccc6c6ccccc56)cc4)c4ccccc4c3n2)cc1. The Balaban J connectivity index is 1.26. The number of hydrogen-bond donors (Lipinski definition) is 0. The van der Waals surface area contributed by atoms with Gasteiger partial charge in [-0.2, -0.15) is 0 Å². The highest BCUT2D eigenvalue weighted by Gasteiger charge is 2.16. The molecule has 0 fully saturated rings. The van der Waals surface area contributed by atoms with Crippen molar-refractivity contribution in [2.45, 2.75) is 0 Å². The van der Waals surface area contributed by atoms with E-state index < -0.39 is 0 Å². The van der Waals surface area contributed by atoms with Crippen molar-refractivity contribution in [3.8, 4) is 44.8 Å². The lowest BCUT2D eigenvalue weighted by Gasteiger charge is -2.16. The maximum Gasteiger partial charge on any atom is 0.0794 e. The largest absolute Gasteiger partial charge is 0.247 e. The number of nitrogens with zero attached hydrogens (tertiary/aromatic N) is 2. The van der Waals surface area contributed by atoms with Gasteiger partial charge in [-0.1, -0.05) is 152 Å². The molecule has 2 aromatic heterocycles. The molecule has 9 aromatic rings. The highest BCUT2D eigenvalue weighted by molar-refractivity contribution is 6.16. The summed E-state index contributed by atoms with van der Waals surface area (Å²) in [6, 6.07) is 60.2. The molecular weight excluding hydrogens is 556 g/mol. The maximum atomic E-state index is 5.29. The van der Waals surface area contributed by atoms with Gasteiger partial charge < -0.3 is 0 Å². The van der Waals surface area contributed by atoms with E-state index in [1.54, 1.807) is 0 Å². The molecule has 0 aliphatic rings. The molecule has 46 heavy (non-hydrogen) atoms. The van der Waals surface area contributed by atoms with Crippen LogP contribution >= 0.6 is 0 Å². The zero-order valence-electron chi connectivity index (χ0n) is 25.1. The lowest BCUT2D eigenvalue weighted by atomic mass is 9.90. The molecule has 0 aliphatic heterocycles. The Hall–Kier alpha value is -6.12. The number of para-hydroxylation sites is 1. The van der Waals surface area contributed by atoms with E-state index >= 15 is 0 Å². The van der Waals surface area contributed by atoms with Crippen LogP contribution < -0.4 is 0 Å². The van der Waals surface area contributed by atoms with Crippen LogP contribution in [-0.2, 0) is 0 Å². The Labute approximate surface area is 267 Å². The summed E-state index contributed by atoms with van der Waals surface area (Å²) in [6.45, 7) is 0. The van der Waals surface area contributed by atoms with E-state index in [2.05, 4.69) is 164 Å². The fraction of sp³-hybridized carbons (Fsp3) is 0. The van der Waals surface area contributed by atoms with Gasteiger partial charge in [-0.25, -0.2) is 9.97 Å². The fourth-order valence-electron chi connectivity index (χ4n) is 6.84. The van der Waals surface area contributed by atoms with Gasteiger partial charge in [0.25, 0.3) is 0 Å². The predicted octanol–water partition coefficient (Wildman–Crippen LogP) is 11.8. The van der Waals surface area contributed by atoms with Gasteiger partial charge in [-0.3, -0.25) is 0 Å². The highest BCUT2D eigenvalue weighted by atomic mass is 14.7. The molecule has 0 spiro atoms. The van der Waals surface area contributed by atoms with E-state index in [9.17, 15) is 0 Å². The summed E-state index contributed by atoms with van der Waals surface area (Å²) in [5, 5.41) is 7.05. The molecule has 0 atom stereocenters. The van der Waals surface area contributed by atoms with E-state index in [0.29, 0.717) is 0 Å². The summed E-state index contributed by atoms with van der Waals surface area (Å²) in [6.07, 6.45) is 0. The molecule has 0 amide bonds. The number of hydrogen-bond acceptors (Lipinski definition) is 2. The second-order valence-electron chi connectivity index (χ2n) is 11.8. The standard InChI is InChI=1S/C44H28N2/c1-3-13-29(14-4-1)39-28-42(31-15-5-2-6-16-31)46-44-37-21-10-8-18-34(37)38(27-40(39)44)30-23-25-32(26-24-30)43-36-20-9-7-17-33(36)35-19-11-12-22-41(35)45-43/h1-28H. The summed E-state index contributed by atoms with van der Waals surface area (Å²) < 4.78 is 0. The molecule has 7 aromatic carbocycles. The molecule has 0 bridgehead atoms. The van der Waals surface area contributed by atoms with Crippen LogP contribution in [0.15, 0.2) is 170 Å². The Morgan fingerprint density at radius 3 is 1.57 bits per heavy atom. The molecule has 2 nitrogen and oxygen atoms in total. The smallest absolute Gasteiger partial charge is 0.0794 e. The van der Waals surface area contributed by atoms with Gasteiger partial charge in [0.1, 0.15) is 0 Å². The predicted molar refractivity (Wildman–Crippen MR) is 194 cm³/mol. The van der Waals surface area contributed by atoms with Gasteiger partial charge in [0, 0.05) is 32.7 Å². The van der Waals surface area contributed by atoms with E-state index in [1.165, 1.54) is 32.8 Å². The average Bonchev–Trinajstić information content (AvgIpc) is 3.14. The molecule has 0 N–H and O–H groups in total. The zero-order chi connectivity index (χ0) is 30.5. The topological polar surface area (TPSA) is 25.8 Å². The van der Waals surface area contributed by atoms with Crippen LogP contribution in [-0.4, -0.2) is 9.97 Å². The summed E-state index contributed by atoms with van der Waals surface area (Å²) >= 11 is 0. The lowest BCUT2D eigenvalue weighted by molar-refractivity contribution is 1.41. The van der Waals surface area contributed by atoms with Crippen LogP contribution in [0.3, 0.4) is 0 Å². The van der Waals surface area contributed by atoms with Crippen LogP contribution in [0.2, 0.25) is 0 Å². The summed E-state index contributed by atoms with van der Waals surface area (Å²) in [5.74, 6) is 0. The van der Waals surface area contributed by atoms with Crippen molar-refractivity contribution in [1.82, 2.24) is 9.97 Å². The van der Waals surface area contributed by atoms with Gasteiger partial charge in [0.2, 0.25) is 0 Å². The van der Waals surface area contributed by atoms with Gasteiger partial charge in [-0.15, -0.1) is 0 Å². The monoisotopic (exact) mass is 584 g/mol. The van der Waals surface area contributed by atoms with Gasteiger partial charge >= 0.3 is 0 Å². The first kappa shape index (κ1) is 26.3. The van der Waals surface area contributed by atoms with Gasteiger partial charge in [0.05, 0.1) is 22.4 Å². The molecule has 0 aliphatic carbocycles. The van der Waals surface area contributed by atoms with Crippen molar-refractivity contribution in [1.29, 1.82) is 0 Å². The third-order valence-corrected chi connectivity index (χ3v) is 9.05. The van der Waals surface area contributed by atoms with Crippen molar-refractivity contribution in [3.05, 3.63) is 170 Å². The molecule has 0 radical (unpaired) electrons. The van der Waals surface area contributed by atoms with Crippen molar-refractivity contribution in [2.24, 2.45) is 0 Å². The molecule has 0 unspecified atom stereocenters. The fourth-order valence-corrected chi connectivity index (χ4v) is 6.84. The minimum absolute atomic E-state index is 0.976. The Bertz CT molecular complexity index is 2550. The molecule has 0 saturated heterocycles. The quantitative estimate of drug-likeness (QED) is 0.192. The van der Waals surface area contributed by atoms with E-state index in [-0.39, 0.29) is 0 Å². The van der Waals surface area contributed by atoms with Crippen LogP contribution in [0.25, 0.3) is 88.1 Å². The summed E-state index contributed by atoms with van der Waals surface area (Å²) in [7, 11) is 0. The number of fused-ring (bicyclic) bond motifs is 6. The number of pyridine rings is 2. The van der Waals surface area contributed by atoms with E-state index in [4.69, 9.17) is 9.97 Å².